The van der Waals surface area contributed by atoms with E-state index < -0.39 is 0 Å². The highest BCUT2D eigenvalue weighted by Crippen LogP contribution is 2.00. The van der Waals surface area contributed by atoms with Gasteiger partial charge in [-0.25, -0.2) is 0 Å². The molecule has 0 aliphatic heterocycles. The third kappa shape index (κ3) is 6.38. The second-order valence-electron chi connectivity index (χ2n) is 3.74. The van der Waals surface area contributed by atoms with E-state index in [1.54, 1.807) is 0 Å². The Morgan fingerprint density at radius 1 is 1.31 bits per heavy atom. The highest BCUT2D eigenvalue weighted by Gasteiger charge is 2.16. The monoisotopic (exact) mass is 246 g/mol. The van der Waals surface area contributed by atoms with Crippen LogP contribution >= 0.6 is 11.8 Å². The highest BCUT2D eigenvalue weighted by molar-refractivity contribution is 7.99. The van der Waals surface area contributed by atoms with Gasteiger partial charge in [0.05, 0.1) is 6.04 Å². The number of nitrogens with zero attached hydrogens (tertiary/aromatic N) is 1. The van der Waals surface area contributed by atoms with Crippen molar-refractivity contribution < 1.29 is 4.79 Å². The van der Waals surface area contributed by atoms with Crippen LogP contribution in [0.5, 0.6) is 0 Å². The molecule has 0 heterocycles. The summed E-state index contributed by atoms with van der Waals surface area (Å²) in [4.78, 5) is 13.8. The first-order valence-electron chi connectivity index (χ1n) is 6.27. The summed E-state index contributed by atoms with van der Waals surface area (Å²) in [7, 11) is 0. The summed E-state index contributed by atoms with van der Waals surface area (Å²) in [5.41, 5.74) is 0. The summed E-state index contributed by atoms with van der Waals surface area (Å²) >= 11 is 1.95. The Balaban J connectivity index is 3.70. The molecular formula is C12H26N2OS. The Bertz CT molecular complexity index is 184. The number of carbonyl (C=O) groups excluding carboxylic acids is 1. The quantitative estimate of drug-likeness (QED) is 0.631. The van der Waals surface area contributed by atoms with E-state index in [1.807, 2.05) is 37.4 Å². The van der Waals surface area contributed by atoms with Crippen molar-refractivity contribution in [2.75, 3.05) is 31.1 Å². The van der Waals surface area contributed by atoms with E-state index in [1.165, 1.54) is 11.5 Å². The molecule has 4 heteroatoms. The van der Waals surface area contributed by atoms with Gasteiger partial charge in [-0.2, -0.15) is 11.8 Å². The maximum absolute atomic E-state index is 11.9. The number of hydrogen-bond acceptors (Lipinski definition) is 3. The topological polar surface area (TPSA) is 32.3 Å². The van der Waals surface area contributed by atoms with Crippen LogP contribution in [-0.2, 0) is 4.79 Å². The summed E-state index contributed by atoms with van der Waals surface area (Å²) in [6.07, 6.45) is 1.13. The first-order chi connectivity index (χ1) is 7.67. The fraction of sp³-hybridized carbons (Fsp3) is 0.917. The van der Waals surface area contributed by atoms with E-state index in [0.29, 0.717) is 0 Å². The number of amides is 1. The molecule has 1 unspecified atom stereocenters. The van der Waals surface area contributed by atoms with Gasteiger partial charge in [0.15, 0.2) is 0 Å². The molecule has 96 valence electrons. The van der Waals surface area contributed by atoms with Gasteiger partial charge in [-0.05, 0) is 45.2 Å². The van der Waals surface area contributed by atoms with E-state index in [2.05, 4.69) is 12.2 Å². The fourth-order valence-corrected chi connectivity index (χ4v) is 2.17. The highest BCUT2D eigenvalue weighted by atomic mass is 32.2. The average Bonchev–Trinajstić information content (AvgIpc) is 2.30. The van der Waals surface area contributed by atoms with Gasteiger partial charge in [0, 0.05) is 13.1 Å². The van der Waals surface area contributed by atoms with Gasteiger partial charge in [0.2, 0.25) is 5.91 Å². The van der Waals surface area contributed by atoms with Crippen LogP contribution in [0.15, 0.2) is 0 Å². The molecule has 0 aromatic carbocycles. The van der Waals surface area contributed by atoms with Crippen molar-refractivity contribution in [1.82, 2.24) is 10.2 Å². The first-order valence-corrected chi connectivity index (χ1v) is 7.42. The van der Waals surface area contributed by atoms with Crippen LogP contribution in [0.3, 0.4) is 0 Å². The Morgan fingerprint density at radius 2 is 1.94 bits per heavy atom. The zero-order chi connectivity index (χ0) is 12.4. The van der Waals surface area contributed by atoms with Crippen molar-refractivity contribution in [3.05, 3.63) is 0 Å². The van der Waals surface area contributed by atoms with Crippen molar-refractivity contribution in [1.29, 1.82) is 0 Å². The molecule has 0 bridgehead atoms. The molecule has 0 spiro atoms. The normalized spacial score (nSPS) is 12.5. The van der Waals surface area contributed by atoms with Crippen LogP contribution < -0.4 is 5.32 Å². The third-order valence-electron chi connectivity index (χ3n) is 2.57. The lowest BCUT2D eigenvalue weighted by Gasteiger charge is -2.23. The zero-order valence-corrected chi connectivity index (χ0v) is 11.9. The summed E-state index contributed by atoms with van der Waals surface area (Å²) < 4.78 is 0. The minimum Gasteiger partial charge on any atom is -0.342 e. The number of carbonyl (C=O) groups is 1. The van der Waals surface area contributed by atoms with Crippen LogP contribution in [0, 0.1) is 0 Å². The molecule has 0 saturated carbocycles. The van der Waals surface area contributed by atoms with E-state index in [0.717, 1.165) is 26.1 Å². The van der Waals surface area contributed by atoms with Crippen LogP contribution in [0.1, 0.15) is 34.1 Å². The standard InChI is InChI=1S/C12H26N2OS/c1-5-14(6-2)12(15)11(4)13-9-8-10-16-7-3/h11,13H,5-10H2,1-4H3. The summed E-state index contributed by atoms with van der Waals surface area (Å²) in [5, 5.41) is 3.29. The summed E-state index contributed by atoms with van der Waals surface area (Å²) in [5.74, 6) is 2.57. The van der Waals surface area contributed by atoms with Gasteiger partial charge in [-0.15, -0.1) is 0 Å². The molecule has 0 aliphatic rings. The van der Waals surface area contributed by atoms with Gasteiger partial charge < -0.3 is 10.2 Å². The second-order valence-corrected chi connectivity index (χ2v) is 5.13. The van der Waals surface area contributed by atoms with Gasteiger partial charge in [0.1, 0.15) is 0 Å². The van der Waals surface area contributed by atoms with E-state index >= 15 is 0 Å². The molecule has 0 rings (SSSR count). The van der Waals surface area contributed by atoms with Gasteiger partial charge in [-0.3, -0.25) is 4.79 Å². The minimum atomic E-state index is -0.0495. The van der Waals surface area contributed by atoms with Crippen molar-refractivity contribution >= 4 is 17.7 Å². The largest absolute Gasteiger partial charge is 0.342 e. The molecule has 1 amide bonds. The number of thioether (sulfide) groups is 1. The van der Waals surface area contributed by atoms with Gasteiger partial charge in [-0.1, -0.05) is 6.92 Å². The Morgan fingerprint density at radius 3 is 2.44 bits per heavy atom. The van der Waals surface area contributed by atoms with Crippen molar-refractivity contribution in [2.24, 2.45) is 0 Å². The SMILES string of the molecule is CCSCCCNC(C)C(=O)N(CC)CC. The van der Waals surface area contributed by atoms with Crippen LogP contribution in [0.4, 0.5) is 0 Å². The smallest absolute Gasteiger partial charge is 0.239 e. The fourth-order valence-electron chi connectivity index (χ4n) is 1.53. The van der Waals surface area contributed by atoms with Crippen LogP contribution in [0.2, 0.25) is 0 Å². The first kappa shape index (κ1) is 15.8. The number of likely N-dealkylation sites (N-methyl/N-ethyl adjacent to an activating group) is 1. The molecule has 0 saturated heterocycles. The number of rotatable bonds is 9. The predicted molar refractivity (Wildman–Crippen MR) is 73.0 cm³/mol. The molecule has 0 aromatic heterocycles. The molecule has 16 heavy (non-hydrogen) atoms. The molecule has 0 radical (unpaired) electrons. The lowest BCUT2D eigenvalue weighted by atomic mass is 10.2. The Hall–Kier alpha value is -0.220. The van der Waals surface area contributed by atoms with Gasteiger partial charge >= 0.3 is 0 Å². The van der Waals surface area contributed by atoms with Gasteiger partial charge in [0.25, 0.3) is 0 Å². The van der Waals surface area contributed by atoms with Crippen molar-refractivity contribution in [3.63, 3.8) is 0 Å². The molecular weight excluding hydrogens is 220 g/mol. The molecule has 0 fully saturated rings. The molecule has 0 aromatic rings. The van der Waals surface area contributed by atoms with Crippen LogP contribution in [0.25, 0.3) is 0 Å². The lowest BCUT2D eigenvalue weighted by Crippen LogP contribution is -2.45. The van der Waals surface area contributed by atoms with E-state index in [9.17, 15) is 4.79 Å². The Kier molecular flexibility index (Phi) is 9.83. The van der Waals surface area contributed by atoms with E-state index in [-0.39, 0.29) is 11.9 Å². The lowest BCUT2D eigenvalue weighted by molar-refractivity contribution is -0.132. The van der Waals surface area contributed by atoms with Crippen molar-refractivity contribution in [2.45, 2.75) is 40.2 Å². The number of nitrogens with one attached hydrogen (secondary N) is 1. The predicted octanol–water partition coefficient (Wildman–Crippen LogP) is 1.98. The minimum absolute atomic E-state index is 0.0495. The average molecular weight is 246 g/mol. The zero-order valence-electron chi connectivity index (χ0n) is 11.1. The molecule has 3 nitrogen and oxygen atoms in total. The van der Waals surface area contributed by atoms with Crippen LogP contribution in [-0.4, -0.2) is 48.0 Å². The Labute approximate surface area is 104 Å². The summed E-state index contributed by atoms with van der Waals surface area (Å²) in [6, 6.07) is -0.0495. The second kappa shape index (κ2) is 9.97. The number of hydrogen-bond donors (Lipinski definition) is 1. The molecule has 1 N–H and O–H groups in total. The third-order valence-corrected chi connectivity index (χ3v) is 3.55. The summed E-state index contributed by atoms with van der Waals surface area (Å²) in [6.45, 7) is 10.7. The molecule has 1 atom stereocenters. The van der Waals surface area contributed by atoms with E-state index in [4.69, 9.17) is 0 Å². The van der Waals surface area contributed by atoms with Crippen molar-refractivity contribution in [3.8, 4) is 0 Å². The maximum atomic E-state index is 11.9. The maximum Gasteiger partial charge on any atom is 0.239 e. The molecule has 0 aliphatic carbocycles.